The molecule has 17 heavy (non-hydrogen) atoms. The average molecular weight is 251 g/mol. The lowest BCUT2D eigenvalue weighted by molar-refractivity contribution is 0.0697. The van der Waals surface area contributed by atoms with E-state index in [1.54, 1.807) is 24.3 Å². The maximum absolute atomic E-state index is 11.1. The van der Waals surface area contributed by atoms with Crippen molar-refractivity contribution in [2.24, 2.45) is 0 Å². The number of carbonyl (C=O) groups is 1. The van der Waals surface area contributed by atoms with Crippen LogP contribution in [0.3, 0.4) is 0 Å². The van der Waals surface area contributed by atoms with Crippen LogP contribution in [0.15, 0.2) is 35.3 Å². The van der Waals surface area contributed by atoms with Gasteiger partial charge < -0.3 is 10.1 Å². The SMILES string of the molecule is O=C(O)c1cnc(=O)[nH]c1-c1ccc(Cl)cc1. The maximum Gasteiger partial charge on any atom is 0.345 e. The second kappa shape index (κ2) is 4.39. The Morgan fingerprint density at radius 3 is 2.53 bits per heavy atom. The van der Waals surface area contributed by atoms with Crippen LogP contribution in [0.1, 0.15) is 10.4 Å². The summed E-state index contributed by atoms with van der Waals surface area (Å²) in [7, 11) is 0. The predicted molar refractivity (Wildman–Crippen MR) is 62.3 cm³/mol. The highest BCUT2D eigenvalue weighted by atomic mass is 35.5. The fraction of sp³-hybridized carbons (Fsp3) is 0. The van der Waals surface area contributed by atoms with E-state index in [0.717, 1.165) is 6.20 Å². The first-order chi connectivity index (χ1) is 8.08. The Kier molecular flexibility index (Phi) is 2.93. The molecule has 1 aromatic heterocycles. The molecular weight excluding hydrogens is 244 g/mol. The Labute approximate surface area is 101 Å². The molecule has 0 fully saturated rings. The van der Waals surface area contributed by atoms with E-state index in [9.17, 15) is 9.59 Å². The lowest BCUT2D eigenvalue weighted by Crippen LogP contribution is -2.14. The number of carboxylic acids is 1. The monoisotopic (exact) mass is 250 g/mol. The molecule has 0 unspecified atom stereocenters. The second-order valence-electron chi connectivity index (χ2n) is 3.29. The van der Waals surface area contributed by atoms with Gasteiger partial charge in [0.05, 0.1) is 5.69 Å². The number of aromatic amines is 1. The largest absolute Gasteiger partial charge is 0.478 e. The van der Waals surface area contributed by atoms with E-state index in [1.165, 1.54) is 0 Å². The van der Waals surface area contributed by atoms with E-state index in [1.807, 2.05) is 0 Å². The normalized spacial score (nSPS) is 10.2. The van der Waals surface area contributed by atoms with Gasteiger partial charge in [0.25, 0.3) is 0 Å². The highest BCUT2D eigenvalue weighted by Gasteiger charge is 2.13. The molecule has 0 saturated heterocycles. The molecule has 0 bridgehead atoms. The molecule has 2 rings (SSSR count). The zero-order valence-corrected chi connectivity index (χ0v) is 9.23. The van der Waals surface area contributed by atoms with Gasteiger partial charge in [-0.2, -0.15) is 0 Å². The molecule has 2 aromatic rings. The average Bonchev–Trinajstić information content (AvgIpc) is 2.29. The number of nitrogens with one attached hydrogen (secondary N) is 1. The zero-order valence-electron chi connectivity index (χ0n) is 8.48. The first-order valence-corrected chi connectivity index (χ1v) is 5.04. The number of hydrogen-bond donors (Lipinski definition) is 2. The van der Waals surface area contributed by atoms with Crippen molar-refractivity contribution in [3.63, 3.8) is 0 Å². The molecule has 0 saturated carbocycles. The van der Waals surface area contributed by atoms with Crippen molar-refractivity contribution in [2.75, 3.05) is 0 Å². The third-order valence-electron chi connectivity index (χ3n) is 2.18. The molecule has 2 N–H and O–H groups in total. The number of H-pyrrole nitrogens is 1. The lowest BCUT2D eigenvalue weighted by Gasteiger charge is -2.04. The van der Waals surface area contributed by atoms with E-state index in [-0.39, 0.29) is 11.3 Å². The second-order valence-corrected chi connectivity index (χ2v) is 3.73. The molecule has 86 valence electrons. The first-order valence-electron chi connectivity index (χ1n) is 4.66. The van der Waals surface area contributed by atoms with E-state index >= 15 is 0 Å². The number of aromatic nitrogens is 2. The van der Waals surface area contributed by atoms with Gasteiger partial charge in [0.1, 0.15) is 5.56 Å². The third-order valence-corrected chi connectivity index (χ3v) is 2.43. The van der Waals surface area contributed by atoms with Crippen LogP contribution in [0.25, 0.3) is 11.3 Å². The van der Waals surface area contributed by atoms with Crippen LogP contribution in [0.4, 0.5) is 0 Å². The highest BCUT2D eigenvalue weighted by molar-refractivity contribution is 6.30. The molecule has 0 amide bonds. The number of nitrogens with zero attached hydrogens (tertiary/aromatic N) is 1. The zero-order chi connectivity index (χ0) is 12.4. The summed E-state index contributed by atoms with van der Waals surface area (Å²) in [6.07, 6.45) is 1.03. The number of hydrogen-bond acceptors (Lipinski definition) is 3. The molecule has 1 aromatic carbocycles. The number of carboxylic acid groups (broad SMARTS) is 1. The molecule has 0 aliphatic carbocycles. The van der Waals surface area contributed by atoms with Gasteiger partial charge in [0.15, 0.2) is 0 Å². The Bertz CT molecular complexity index is 619. The van der Waals surface area contributed by atoms with E-state index < -0.39 is 11.7 Å². The Balaban J connectivity index is 2.64. The number of rotatable bonds is 2. The molecule has 0 aliphatic heterocycles. The molecule has 5 nitrogen and oxygen atoms in total. The highest BCUT2D eigenvalue weighted by Crippen LogP contribution is 2.21. The van der Waals surface area contributed by atoms with Gasteiger partial charge >= 0.3 is 11.7 Å². The van der Waals surface area contributed by atoms with Crippen LogP contribution in [0.2, 0.25) is 5.02 Å². The van der Waals surface area contributed by atoms with Crippen molar-refractivity contribution < 1.29 is 9.90 Å². The minimum atomic E-state index is -1.15. The van der Waals surface area contributed by atoms with Crippen molar-refractivity contribution >= 4 is 17.6 Å². The summed E-state index contributed by atoms with van der Waals surface area (Å²) in [6.45, 7) is 0. The molecule has 6 heteroatoms. The minimum absolute atomic E-state index is 0.0630. The topological polar surface area (TPSA) is 83.0 Å². The van der Waals surface area contributed by atoms with Gasteiger partial charge in [-0.15, -0.1) is 0 Å². The van der Waals surface area contributed by atoms with Gasteiger partial charge in [0.2, 0.25) is 0 Å². The smallest absolute Gasteiger partial charge is 0.345 e. The van der Waals surface area contributed by atoms with Crippen LogP contribution in [0, 0.1) is 0 Å². The summed E-state index contributed by atoms with van der Waals surface area (Å²) in [4.78, 5) is 27.9. The number of halogens is 1. The molecular formula is C11H7ClN2O3. The summed E-state index contributed by atoms with van der Waals surface area (Å²) >= 11 is 5.73. The van der Waals surface area contributed by atoms with Gasteiger partial charge in [-0.25, -0.2) is 14.6 Å². The molecule has 0 spiro atoms. The number of aromatic carboxylic acids is 1. The number of benzene rings is 1. The predicted octanol–water partition coefficient (Wildman–Crippen LogP) is 1.79. The summed E-state index contributed by atoms with van der Waals surface area (Å²) in [5.74, 6) is -1.15. The van der Waals surface area contributed by atoms with E-state index in [2.05, 4.69) is 9.97 Å². The van der Waals surface area contributed by atoms with Crippen molar-refractivity contribution in [2.45, 2.75) is 0 Å². The molecule has 0 aliphatic rings. The van der Waals surface area contributed by atoms with E-state index in [4.69, 9.17) is 16.7 Å². The van der Waals surface area contributed by atoms with Crippen LogP contribution in [0.5, 0.6) is 0 Å². The van der Waals surface area contributed by atoms with Crippen molar-refractivity contribution in [3.05, 3.63) is 51.5 Å². The molecule has 0 atom stereocenters. The maximum atomic E-state index is 11.1. The van der Waals surface area contributed by atoms with Crippen LogP contribution < -0.4 is 5.69 Å². The van der Waals surface area contributed by atoms with Gasteiger partial charge in [0, 0.05) is 11.2 Å². The Morgan fingerprint density at radius 1 is 1.29 bits per heavy atom. The third kappa shape index (κ3) is 2.34. The summed E-state index contributed by atoms with van der Waals surface area (Å²) in [5, 5.41) is 9.51. The quantitative estimate of drug-likeness (QED) is 0.851. The van der Waals surface area contributed by atoms with Crippen LogP contribution in [-0.2, 0) is 0 Å². The van der Waals surface area contributed by atoms with Crippen molar-refractivity contribution in [1.82, 2.24) is 9.97 Å². The van der Waals surface area contributed by atoms with Gasteiger partial charge in [-0.1, -0.05) is 23.7 Å². The van der Waals surface area contributed by atoms with E-state index in [0.29, 0.717) is 10.6 Å². The minimum Gasteiger partial charge on any atom is -0.478 e. The fourth-order valence-corrected chi connectivity index (χ4v) is 1.53. The van der Waals surface area contributed by atoms with Crippen LogP contribution in [-0.4, -0.2) is 21.0 Å². The summed E-state index contributed by atoms with van der Waals surface area (Å²) < 4.78 is 0. The van der Waals surface area contributed by atoms with Crippen molar-refractivity contribution in [3.8, 4) is 11.3 Å². The van der Waals surface area contributed by atoms with Gasteiger partial charge in [-0.3, -0.25) is 0 Å². The summed E-state index contributed by atoms with van der Waals surface area (Å²) in [6, 6.07) is 6.47. The molecule has 1 heterocycles. The summed E-state index contributed by atoms with van der Waals surface area (Å²) in [5.41, 5.74) is 0.118. The fourth-order valence-electron chi connectivity index (χ4n) is 1.40. The Morgan fingerprint density at radius 2 is 1.94 bits per heavy atom. The molecule has 0 radical (unpaired) electrons. The van der Waals surface area contributed by atoms with Gasteiger partial charge in [-0.05, 0) is 17.7 Å². The lowest BCUT2D eigenvalue weighted by atomic mass is 10.1. The van der Waals surface area contributed by atoms with Crippen LogP contribution >= 0.6 is 11.6 Å². The Hall–Kier alpha value is -2.14. The van der Waals surface area contributed by atoms with Crippen molar-refractivity contribution in [1.29, 1.82) is 0 Å². The first kappa shape index (κ1) is 11.3. The standard InChI is InChI=1S/C11H7ClN2O3/c12-7-3-1-6(2-4-7)9-8(10(15)16)5-13-11(17)14-9/h1-5H,(H,15,16)(H,13,14,17).